The molecule has 3 aromatic carbocycles. The number of rotatable bonds is 10. The average molecular weight is 678 g/mol. The second kappa shape index (κ2) is 15.6. The summed E-state index contributed by atoms with van der Waals surface area (Å²) in [4.78, 5) is 31.9. The minimum absolute atomic E-state index is 0.00762. The Labute approximate surface area is 294 Å². The number of carbonyl (C=O) groups is 2. The Hall–Kier alpha value is -4.41. The van der Waals surface area contributed by atoms with Gasteiger partial charge in [-0.15, -0.1) is 0 Å². The zero-order chi connectivity index (χ0) is 35.3. The van der Waals surface area contributed by atoms with Gasteiger partial charge in [0.1, 0.15) is 11.6 Å². The van der Waals surface area contributed by atoms with Gasteiger partial charge >= 0.3 is 5.97 Å². The van der Waals surface area contributed by atoms with Gasteiger partial charge in [-0.1, -0.05) is 73.7 Å². The van der Waals surface area contributed by atoms with Crippen LogP contribution in [-0.4, -0.2) is 57.7 Å². The number of amides is 1. The Balaban J connectivity index is 1.19. The highest BCUT2D eigenvalue weighted by molar-refractivity contribution is 5.93. The summed E-state index contributed by atoms with van der Waals surface area (Å²) in [5.41, 5.74) is 5.78. The van der Waals surface area contributed by atoms with Gasteiger partial charge < -0.3 is 24.6 Å². The molecule has 3 heterocycles. The third-order valence-electron chi connectivity index (χ3n) is 9.40. The highest BCUT2D eigenvalue weighted by Gasteiger charge is 2.42. The van der Waals surface area contributed by atoms with E-state index in [1.165, 1.54) is 0 Å². The molecule has 9 nitrogen and oxygen atoms in total. The average Bonchev–Trinajstić information content (AvgIpc) is 3.60. The van der Waals surface area contributed by atoms with E-state index in [-0.39, 0.29) is 42.7 Å². The number of ether oxygens (including phenoxy) is 3. The number of hydrogen-bond acceptors (Lipinski definition) is 8. The Morgan fingerprint density at radius 3 is 2.40 bits per heavy atom. The van der Waals surface area contributed by atoms with Crippen LogP contribution in [0.5, 0.6) is 0 Å². The van der Waals surface area contributed by atoms with Gasteiger partial charge in [0.15, 0.2) is 6.29 Å². The number of carbonyl (C=O) groups excluding carboxylic acids is 2. The molecule has 0 unspecified atom stereocenters. The van der Waals surface area contributed by atoms with Crippen molar-refractivity contribution in [3.05, 3.63) is 125 Å². The molecule has 2 fully saturated rings. The van der Waals surface area contributed by atoms with Crippen LogP contribution in [0.2, 0.25) is 0 Å². The lowest BCUT2D eigenvalue weighted by molar-refractivity contribution is -0.276. The Morgan fingerprint density at radius 1 is 0.940 bits per heavy atom. The second-order valence-electron chi connectivity index (χ2n) is 14.3. The van der Waals surface area contributed by atoms with E-state index in [4.69, 9.17) is 14.2 Å². The van der Waals surface area contributed by atoms with Gasteiger partial charge in [0.25, 0.3) is 5.91 Å². The first-order valence-electron chi connectivity index (χ1n) is 17.4. The van der Waals surface area contributed by atoms with Crippen LogP contribution in [0.25, 0.3) is 11.1 Å². The lowest BCUT2D eigenvalue weighted by atomic mass is 9.89. The summed E-state index contributed by atoms with van der Waals surface area (Å²) in [5, 5.41) is 12.6. The standard InChI is InChI=1S/C41H47N3O6/c1-27-36(25-44-21-7-11-35(44)39(47)50-41(2,3)4)48-40(49-37(27)31-14-12-28(26-45)13-15-31)32-18-16-30(17-19-32)33-9-5-8-29(22-33)23-43-38(46)34-10-6-20-42-24-34/h5-6,8-10,12-20,22,24,27,35-37,40,45H,7,11,21,23,25-26H2,1-4H3,(H,43,46)/t27-,35-,36+,37+,40+/m0/s1. The Kier molecular flexibility index (Phi) is 11.1. The molecule has 2 N–H and O–H groups in total. The molecule has 0 saturated carbocycles. The lowest BCUT2D eigenvalue weighted by Gasteiger charge is -2.43. The Morgan fingerprint density at radius 2 is 1.70 bits per heavy atom. The summed E-state index contributed by atoms with van der Waals surface area (Å²) in [6, 6.07) is 27.4. The van der Waals surface area contributed by atoms with Crippen LogP contribution in [0, 0.1) is 5.92 Å². The van der Waals surface area contributed by atoms with Gasteiger partial charge in [-0.05, 0) is 86.2 Å². The van der Waals surface area contributed by atoms with Crippen LogP contribution in [-0.2, 0) is 32.2 Å². The Bertz CT molecular complexity index is 1740. The minimum atomic E-state index is -0.621. The van der Waals surface area contributed by atoms with E-state index in [0.29, 0.717) is 18.7 Å². The van der Waals surface area contributed by atoms with Gasteiger partial charge in [0.2, 0.25) is 0 Å². The lowest BCUT2D eigenvalue weighted by Crippen LogP contribution is -2.48. The topological polar surface area (TPSA) is 110 Å². The largest absolute Gasteiger partial charge is 0.459 e. The molecule has 0 spiro atoms. The summed E-state index contributed by atoms with van der Waals surface area (Å²) >= 11 is 0. The summed E-state index contributed by atoms with van der Waals surface area (Å²) in [6.07, 6.45) is 3.80. The SMILES string of the molecule is C[C@H]1[C@@H](CN2CCC[C@H]2C(=O)OC(C)(C)C)O[C@@H](c2ccc(-c3cccc(CNC(=O)c4cccnc4)c3)cc2)O[C@H]1c1ccc(CO)cc1. The van der Waals surface area contributed by atoms with Crippen molar-refractivity contribution in [1.29, 1.82) is 0 Å². The number of aromatic nitrogens is 1. The van der Waals surface area contributed by atoms with E-state index in [9.17, 15) is 14.7 Å². The zero-order valence-corrected chi connectivity index (χ0v) is 29.2. The van der Waals surface area contributed by atoms with Crippen LogP contribution in [0.15, 0.2) is 97.3 Å². The monoisotopic (exact) mass is 677 g/mol. The van der Waals surface area contributed by atoms with Gasteiger partial charge in [-0.2, -0.15) is 0 Å². The molecule has 0 bridgehead atoms. The van der Waals surface area contributed by atoms with E-state index in [0.717, 1.165) is 52.8 Å². The maximum absolute atomic E-state index is 13.2. The fourth-order valence-corrected chi connectivity index (χ4v) is 6.72. The zero-order valence-electron chi connectivity index (χ0n) is 29.2. The number of hydrogen-bond donors (Lipinski definition) is 2. The van der Waals surface area contributed by atoms with Crippen LogP contribution in [0.1, 0.15) is 85.5 Å². The van der Waals surface area contributed by atoms with Crippen LogP contribution >= 0.6 is 0 Å². The molecule has 9 heteroatoms. The van der Waals surface area contributed by atoms with Crippen molar-refractivity contribution in [2.45, 2.75) is 83.8 Å². The van der Waals surface area contributed by atoms with Crippen LogP contribution < -0.4 is 5.32 Å². The molecule has 262 valence electrons. The summed E-state index contributed by atoms with van der Waals surface area (Å²) in [7, 11) is 0. The molecule has 6 rings (SSSR count). The molecule has 4 aromatic rings. The molecule has 1 amide bonds. The predicted octanol–water partition coefficient (Wildman–Crippen LogP) is 6.77. The third kappa shape index (κ3) is 8.65. The number of benzene rings is 3. The summed E-state index contributed by atoms with van der Waals surface area (Å²) < 4.78 is 19.2. The molecule has 2 saturated heterocycles. The van der Waals surface area contributed by atoms with Crippen molar-refractivity contribution >= 4 is 11.9 Å². The van der Waals surface area contributed by atoms with Crippen LogP contribution in [0.4, 0.5) is 0 Å². The van der Waals surface area contributed by atoms with Crippen molar-refractivity contribution in [3.8, 4) is 11.1 Å². The molecule has 5 atom stereocenters. The van der Waals surface area contributed by atoms with E-state index >= 15 is 0 Å². The second-order valence-corrected chi connectivity index (χ2v) is 14.3. The van der Waals surface area contributed by atoms with Crippen molar-refractivity contribution in [1.82, 2.24) is 15.2 Å². The molecule has 2 aliphatic heterocycles. The van der Waals surface area contributed by atoms with Crippen LogP contribution in [0.3, 0.4) is 0 Å². The van der Waals surface area contributed by atoms with Gasteiger partial charge in [0, 0.05) is 37.0 Å². The van der Waals surface area contributed by atoms with Crippen molar-refractivity contribution in [3.63, 3.8) is 0 Å². The van der Waals surface area contributed by atoms with E-state index in [2.05, 4.69) is 46.4 Å². The number of aliphatic hydroxyl groups is 1. The first-order valence-corrected chi connectivity index (χ1v) is 17.4. The molecule has 1 aromatic heterocycles. The van der Waals surface area contributed by atoms with Gasteiger partial charge in [0.05, 0.1) is 24.4 Å². The van der Waals surface area contributed by atoms with Gasteiger partial charge in [-0.25, -0.2) is 0 Å². The fourth-order valence-electron chi connectivity index (χ4n) is 6.72. The number of likely N-dealkylation sites (tertiary alicyclic amines) is 1. The van der Waals surface area contributed by atoms with Crippen molar-refractivity contribution < 1.29 is 28.9 Å². The molecular formula is C41H47N3O6. The quantitative estimate of drug-likeness (QED) is 0.177. The highest BCUT2D eigenvalue weighted by atomic mass is 16.7. The maximum atomic E-state index is 13.2. The third-order valence-corrected chi connectivity index (χ3v) is 9.40. The molecule has 0 aliphatic carbocycles. The van der Waals surface area contributed by atoms with E-state index in [1.807, 2.05) is 69.3 Å². The molecule has 50 heavy (non-hydrogen) atoms. The summed E-state index contributed by atoms with van der Waals surface area (Å²) in [5.74, 6) is -0.356. The number of esters is 1. The number of aliphatic hydroxyl groups excluding tert-OH is 1. The molecular weight excluding hydrogens is 630 g/mol. The van der Waals surface area contributed by atoms with Crippen molar-refractivity contribution in [2.75, 3.05) is 13.1 Å². The molecule has 2 aliphatic rings. The smallest absolute Gasteiger partial charge is 0.323 e. The fraction of sp³-hybridized carbons (Fsp3) is 0.390. The van der Waals surface area contributed by atoms with Crippen molar-refractivity contribution in [2.24, 2.45) is 5.92 Å². The summed E-state index contributed by atoms with van der Waals surface area (Å²) in [6.45, 7) is 9.60. The molecule has 0 radical (unpaired) electrons. The normalized spacial score (nSPS) is 22.6. The van der Waals surface area contributed by atoms with E-state index in [1.54, 1.807) is 24.5 Å². The first-order chi connectivity index (χ1) is 24.1. The highest BCUT2D eigenvalue weighted by Crippen LogP contribution is 2.42. The first kappa shape index (κ1) is 35.4. The number of nitrogens with one attached hydrogen (secondary N) is 1. The minimum Gasteiger partial charge on any atom is -0.459 e. The predicted molar refractivity (Wildman–Crippen MR) is 191 cm³/mol. The van der Waals surface area contributed by atoms with E-state index < -0.39 is 11.9 Å². The van der Waals surface area contributed by atoms with Gasteiger partial charge in [-0.3, -0.25) is 19.5 Å². The maximum Gasteiger partial charge on any atom is 0.323 e. The number of pyridine rings is 1. The number of nitrogens with zero attached hydrogens (tertiary/aromatic N) is 2.